The third kappa shape index (κ3) is 5.99. The Balaban J connectivity index is 1.75. The number of carbonyl (C=O) groups excluding carboxylic acids is 1. The lowest BCUT2D eigenvalue weighted by molar-refractivity contribution is 0.0408. The smallest absolute Gasteiger partial charge is 0.408 e. The second-order valence-electron chi connectivity index (χ2n) is 10.0. The summed E-state index contributed by atoms with van der Waals surface area (Å²) < 4.78 is 13.4. The minimum atomic E-state index is -0.562. The third-order valence-electron chi connectivity index (χ3n) is 4.97. The van der Waals surface area contributed by atoms with Crippen LogP contribution < -0.4 is 10.1 Å². The molecule has 0 aliphatic carbocycles. The van der Waals surface area contributed by atoms with Crippen LogP contribution in [0.15, 0.2) is 42.9 Å². The van der Waals surface area contributed by atoms with Crippen molar-refractivity contribution in [2.45, 2.75) is 66.0 Å². The number of benzene rings is 1. The summed E-state index contributed by atoms with van der Waals surface area (Å²) >= 11 is 0. The minimum Gasteiger partial charge on any atom is -0.491 e. The Morgan fingerprint density at radius 3 is 2.62 bits per heavy atom. The fourth-order valence-electron chi connectivity index (χ4n) is 3.84. The van der Waals surface area contributed by atoms with E-state index < -0.39 is 17.2 Å². The van der Waals surface area contributed by atoms with Gasteiger partial charge in [-0.1, -0.05) is 19.9 Å². The summed E-state index contributed by atoms with van der Waals surface area (Å²) in [4.78, 5) is 16.9. The Morgan fingerprint density at radius 2 is 1.97 bits per heavy atom. The molecule has 0 aliphatic rings. The van der Waals surface area contributed by atoms with Gasteiger partial charge >= 0.3 is 6.09 Å². The number of nitrogens with one attached hydrogen (secondary N) is 1. The third-order valence-corrected chi connectivity index (χ3v) is 4.97. The number of aromatic nitrogens is 3. The van der Waals surface area contributed by atoms with Gasteiger partial charge in [-0.3, -0.25) is 0 Å². The van der Waals surface area contributed by atoms with Crippen molar-refractivity contribution in [2.24, 2.45) is 5.92 Å². The molecule has 1 amide bonds. The summed E-state index contributed by atoms with van der Waals surface area (Å²) in [5.41, 5.74) is 2.70. The fourth-order valence-corrected chi connectivity index (χ4v) is 3.84. The molecule has 3 aromatic rings. The van der Waals surface area contributed by atoms with Crippen molar-refractivity contribution in [3.8, 4) is 16.9 Å². The zero-order valence-electron chi connectivity index (χ0n) is 20.1. The van der Waals surface area contributed by atoms with Gasteiger partial charge in [0.25, 0.3) is 0 Å². The minimum absolute atomic E-state index is 0.336. The standard InChI is InChI=1S/C25H34N4O3/c1-17(2)14-25(7,28-23(30)32-24(4,5)6)16-31-21-10-9-19(13-18(21)3)20-15-27-29-12-8-11-26-22(20)29/h8-13,15,17H,14,16H2,1-7H3,(H,28,30)/t25-/m0/s1. The van der Waals surface area contributed by atoms with Crippen molar-refractivity contribution in [3.63, 3.8) is 0 Å². The van der Waals surface area contributed by atoms with Crippen LogP contribution in [-0.2, 0) is 4.74 Å². The molecule has 0 saturated heterocycles. The lowest BCUT2D eigenvalue weighted by atomic mass is 9.91. The van der Waals surface area contributed by atoms with E-state index in [1.807, 2.05) is 65.2 Å². The highest BCUT2D eigenvalue weighted by molar-refractivity contribution is 5.77. The van der Waals surface area contributed by atoms with Crippen LogP contribution in [0, 0.1) is 12.8 Å². The van der Waals surface area contributed by atoms with Crippen molar-refractivity contribution in [3.05, 3.63) is 48.4 Å². The summed E-state index contributed by atoms with van der Waals surface area (Å²) in [6.07, 6.45) is 5.79. The molecule has 1 atom stereocenters. The van der Waals surface area contributed by atoms with Crippen molar-refractivity contribution >= 4 is 11.7 Å². The molecule has 2 aromatic heterocycles. The topological polar surface area (TPSA) is 77.8 Å². The molecule has 0 spiro atoms. The van der Waals surface area contributed by atoms with Crippen molar-refractivity contribution in [1.29, 1.82) is 0 Å². The maximum atomic E-state index is 12.4. The Kier molecular flexibility index (Phi) is 6.77. The van der Waals surface area contributed by atoms with Gasteiger partial charge in [0, 0.05) is 18.0 Å². The first-order chi connectivity index (χ1) is 15.0. The Labute approximate surface area is 190 Å². The lowest BCUT2D eigenvalue weighted by Gasteiger charge is -2.33. The number of carbonyl (C=O) groups is 1. The highest BCUT2D eigenvalue weighted by Crippen LogP contribution is 2.29. The molecule has 0 fully saturated rings. The summed E-state index contributed by atoms with van der Waals surface area (Å²) in [5, 5.41) is 7.39. The first kappa shape index (κ1) is 23.6. The summed E-state index contributed by atoms with van der Waals surface area (Å²) in [6, 6.07) is 7.89. The van der Waals surface area contributed by atoms with Gasteiger partial charge in [-0.05, 0) is 76.3 Å². The van der Waals surface area contributed by atoms with Gasteiger partial charge in [0.1, 0.15) is 18.0 Å². The SMILES string of the molecule is Cc1cc(-c2cnn3cccnc23)ccc1OC[C@](C)(CC(C)C)NC(=O)OC(C)(C)C. The maximum absolute atomic E-state index is 12.4. The molecule has 1 N–H and O–H groups in total. The Hall–Kier alpha value is -3.09. The van der Waals surface area contributed by atoms with E-state index in [1.54, 1.807) is 10.7 Å². The van der Waals surface area contributed by atoms with Gasteiger partial charge in [-0.25, -0.2) is 14.3 Å². The summed E-state index contributed by atoms with van der Waals surface area (Å²) in [7, 11) is 0. The average molecular weight is 439 g/mol. The molecule has 0 aliphatic heterocycles. The number of aryl methyl sites for hydroxylation is 1. The number of ether oxygens (including phenoxy) is 2. The second-order valence-corrected chi connectivity index (χ2v) is 10.0. The van der Waals surface area contributed by atoms with Crippen LogP contribution in [0.5, 0.6) is 5.75 Å². The van der Waals surface area contributed by atoms with Crippen LogP contribution in [0.2, 0.25) is 0 Å². The number of hydrogen-bond donors (Lipinski definition) is 1. The van der Waals surface area contributed by atoms with E-state index in [2.05, 4.69) is 35.3 Å². The van der Waals surface area contributed by atoms with E-state index in [9.17, 15) is 4.79 Å². The van der Waals surface area contributed by atoms with Crippen LogP contribution in [-0.4, -0.2) is 38.4 Å². The van der Waals surface area contributed by atoms with E-state index in [0.717, 1.165) is 34.5 Å². The van der Waals surface area contributed by atoms with Crippen molar-refractivity contribution < 1.29 is 14.3 Å². The van der Waals surface area contributed by atoms with Crippen LogP contribution in [0.1, 0.15) is 53.5 Å². The highest BCUT2D eigenvalue weighted by atomic mass is 16.6. The van der Waals surface area contributed by atoms with Gasteiger partial charge in [0.05, 0.1) is 11.7 Å². The molecule has 7 heteroatoms. The monoisotopic (exact) mass is 438 g/mol. The molecule has 172 valence electrons. The Bertz CT molecular complexity index is 1080. The van der Waals surface area contributed by atoms with E-state index in [4.69, 9.17) is 9.47 Å². The largest absolute Gasteiger partial charge is 0.491 e. The van der Waals surface area contributed by atoms with Gasteiger partial charge in [-0.15, -0.1) is 0 Å². The zero-order valence-corrected chi connectivity index (χ0v) is 20.1. The summed E-state index contributed by atoms with van der Waals surface area (Å²) in [6.45, 7) is 14.2. The molecule has 3 rings (SSSR count). The molecule has 0 saturated carbocycles. The molecule has 7 nitrogen and oxygen atoms in total. The Morgan fingerprint density at radius 1 is 1.22 bits per heavy atom. The maximum Gasteiger partial charge on any atom is 0.408 e. The van der Waals surface area contributed by atoms with Gasteiger partial charge in [-0.2, -0.15) is 5.10 Å². The molecule has 0 bridgehead atoms. The first-order valence-corrected chi connectivity index (χ1v) is 11.0. The van der Waals surface area contributed by atoms with Gasteiger partial charge in [0.2, 0.25) is 0 Å². The second kappa shape index (κ2) is 9.18. The fraction of sp³-hybridized carbons (Fsp3) is 0.480. The predicted molar refractivity (Wildman–Crippen MR) is 126 cm³/mol. The van der Waals surface area contributed by atoms with E-state index in [0.29, 0.717) is 12.5 Å². The zero-order chi connectivity index (χ0) is 23.5. The number of fused-ring (bicyclic) bond motifs is 1. The van der Waals surface area contributed by atoms with Gasteiger partial charge < -0.3 is 14.8 Å². The normalized spacial score (nSPS) is 13.8. The van der Waals surface area contributed by atoms with E-state index in [-0.39, 0.29) is 0 Å². The van der Waals surface area contributed by atoms with Gasteiger partial charge in [0.15, 0.2) is 5.65 Å². The number of hydrogen-bond acceptors (Lipinski definition) is 5. The van der Waals surface area contributed by atoms with Crippen LogP contribution in [0.4, 0.5) is 4.79 Å². The molecular formula is C25H34N4O3. The predicted octanol–water partition coefficient (Wildman–Crippen LogP) is 5.41. The lowest BCUT2D eigenvalue weighted by Crippen LogP contribution is -2.52. The molecule has 1 aromatic carbocycles. The molecular weight excluding hydrogens is 404 g/mol. The molecule has 2 heterocycles. The van der Waals surface area contributed by atoms with Crippen LogP contribution in [0.3, 0.4) is 0 Å². The number of amides is 1. The summed E-state index contributed by atoms with van der Waals surface area (Å²) in [5.74, 6) is 1.16. The van der Waals surface area contributed by atoms with Crippen LogP contribution >= 0.6 is 0 Å². The highest BCUT2D eigenvalue weighted by Gasteiger charge is 2.31. The van der Waals surface area contributed by atoms with E-state index >= 15 is 0 Å². The van der Waals surface area contributed by atoms with Crippen molar-refractivity contribution in [1.82, 2.24) is 19.9 Å². The number of nitrogens with zero attached hydrogens (tertiary/aromatic N) is 3. The first-order valence-electron chi connectivity index (χ1n) is 11.0. The van der Waals surface area contributed by atoms with Crippen molar-refractivity contribution in [2.75, 3.05) is 6.61 Å². The molecule has 32 heavy (non-hydrogen) atoms. The van der Waals surface area contributed by atoms with E-state index in [1.165, 1.54) is 0 Å². The number of alkyl carbamates (subject to hydrolysis) is 1. The number of rotatable bonds is 7. The average Bonchev–Trinajstić information content (AvgIpc) is 3.08. The molecule has 0 unspecified atom stereocenters. The van der Waals surface area contributed by atoms with Crippen LogP contribution in [0.25, 0.3) is 16.8 Å². The molecule has 0 radical (unpaired) electrons. The quantitative estimate of drug-likeness (QED) is 0.533.